The SMILES string of the molecule is CS(=O)(=O)c1ccc(C(O)CN2CCN(c3ccccc3)CC2)cc1.Cl. The number of benzene rings is 2. The largest absolute Gasteiger partial charge is 0.387 e. The van der Waals surface area contributed by atoms with Crippen LogP contribution in [-0.2, 0) is 9.84 Å². The van der Waals surface area contributed by atoms with Gasteiger partial charge in [-0.15, -0.1) is 12.4 Å². The van der Waals surface area contributed by atoms with Crippen molar-refractivity contribution in [2.45, 2.75) is 11.0 Å². The van der Waals surface area contributed by atoms with Crippen LogP contribution in [0.4, 0.5) is 5.69 Å². The number of nitrogens with zero attached hydrogens (tertiary/aromatic N) is 2. The van der Waals surface area contributed by atoms with Crippen molar-refractivity contribution in [3.05, 3.63) is 60.2 Å². The highest BCUT2D eigenvalue weighted by Gasteiger charge is 2.20. The quantitative estimate of drug-likeness (QED) is 0.840. The van der Waals surface area contributed by atoms with Crippen molar-refractivity contribution in [3.8, 4) is 0 Å². The van der Waals surface area contributed by atoms with Crippen LogP contribution >= 0.6 is 12.4 Å². The summed E-state index contributed by atoms with van der Waals surface area (Å²) in [4.78, 5) is 4.87. The van der Waals surface area contributed by atoms with Crippen LogP contribution in [0.2, 0.25) is 0 Å². The summed E-state index contributed by atoms with van der Waals surface area (Å²) >= 11 is 0. The van der Waals surface area contributed by atoms with Gasteiger partial charge in [-0.3, -0.25) is 4.90 Å². The van der Waals surface area contributed by atoms with E-state index in [-0.39, 0.29) is 17.3 Å². The predicted octanol–water partition coefficient (Wildman–Crippen LogP) is 2.37. The van der Waals surface area contributed by atoms with Gasteiger partial charge in [-0.05, 0) is 29.8 Å². The minimum Gasteiger partial charge on any atom is -0.387 e. The highest BCUT2D eigenvalue weighted by molar-refractivity contribution is 7.90. The van der Waals surface area contributed by atoms with Crippen LogP contribution in [0.25, 0.3) is 0 Å². The number of para-hydroxylation sites is 1. The molecule has 1 fully saturated rings. The number of hydrogen-bond acceptors (Lipinski definition) is 5. The number of hydrogen-bond donors (Lipinski definition) is 1. The second kappa shape index (κ2) is 8.86. The Morgan fingerprint density at radius 1 is 0.962 bits per heavy atom. The van der Waals surface area contributed by atoms with Crippen molar-refractivity contribution in [1.29, 1.82) is 0 Å². The fraction of sp³-hybridized carbons (Fsp3) is 0.368. The standard InChI is InChI=1S/C19H24N2O3S.ClH/c1-25(23,24)18-9-7-16(8-10-18)19(22)15-20-11-13-21(14-12-20)17-5-3-2-4-6-17;/h2-10,19,22H,11-15H2,1H3;1H. The van der Waals surface area contributed by atoms with Crippen molar-refractivity contribution < 1.29 is 13.5 Å². The van der Waals surface area contributed by atoms with Gasteiger partial charge >= 0.3 is 0 Å². The molecule has 7 heteroatoms. The van der Waals surface area contributed by atoms with Crippen molar-refractivity contribution in [2.75, 3.05) is 43.9 Å². The van der Waals surface area contributed by atoms with E-state index in [0.29, 0.717) is 6.54 Å². The van der Waals surface area contributed by atoms with E-state index in [9.17, 15) is 13.5 Å². The van der Waals surface area contributed by atoms with Crippen molar-refractivity contribution in [3.63, 3.8) is 0 Å². The predicted molar refractivity (Wildman–Crippen MR) is 107 cm³/mol. The Morgan fingerprint density at radius 2 is 1.54 bits per heavy atom. The first-order valence-corrected chi connectivity index (χ1v) is 10.3. The van der Waals surface area contributed by atoms with Gasteiger partial charge in [0.05, 0.1) is 11.0 Å². The lowest BCUT2D eigenvalue weighted by Crippen LogP contribution is -2.47. The molecule has 1 N–H and O–H groups in total. The van der Waals surface area contributed by atoms with Crippen LogP contribution in [-0.4, -0.2) is 57.4 Å². The van der Waals surface area contributed by atoms with Crippen LogP contribution in [0.1, 0.15) is 11.7 Å². The Morgan fingerprint density at radius 3 is 2.08 bits per heavy atom. The molecule has 142 valence electrons. The van der Waals surface area contributed by atoms with Crippen LogP contribution in [0.3, 0.4) is 0 Å². The lowest BCUT2D eigenvalue weighted by Gasteiger charge is -2.37. The number of rotatable bonds is 5. The number of piperazine rings is 1. The van der Waals surface area contributed by atoms with E-state index in [0.717, 1.165) is 31.7 Å². The average molecular weight is 397 g/mol. The topological polar surface area (TPSA) is 60.9 Å². The second-order valence-corrected chi connectivity index (χ2v) is 8.50. The van der Waals surface area contributed by atoms with E-state index in [4.69, 9.17) is 0 Å². The third kappa shape index (κ3) is 5.20. The first-order chi connectivity index (χ1) is 11.9. The number of halogens is 1. The molecule has 0 radical (unpaired) electrons. The van der Waals surface area contributed by atoms with Crippen LogP contribution < -0.4 is 4.90 Å². The maximum absolute atomic E-state index is 11.5. The van der Waals surface area contributed by atoms with Gasteiger partial charge in [0.1, 0.15) is 0 Å². The van der Waals surface area contributed by atoms with E-state index in [2.05, 4.69) is 21.9 Å². The molecular formula is C19H25ClN2O3S. The van der Waals surface area contributed by atoms with Gasteiger partial charge in [-0.1, -0.05) is 30.3 Å². The first-order valence-electron chi connectivity index (χ1n) is 8.44. The molecule has 3 rings (SSSR count). The summed E-state index contributed by atoms with van der Waals surface area (Å²) in [5, 5.41) is 10.4. The molecule has 2 aromatic rings. The number of β-amino-alcohol motifs (C(OH)–C–C–N with tert-alkyl or cyclic N) is 1. The van der Waals surface area contributed by atoms with Gasteiger partial charge < -0.3 is 10.0 Å². The summed E-state index contributed by atoms with van der Waals surface area (Å²) in [7, 11) is -3.20. The molecular weight excluding hydrogens is 372 g/mol. The Bertz CT molecular complexity index is 789. The number of anilines is 1. The molecule has 1 unspecified atom stereocenters. The van der Waals surface area contributed by atoms with Gasteiger partial charge in [0, 0.05) is 44.7 Å². The Kier molecular flexibility index (Phi) is 7.06. The molecule has 2 aromatic carbocycles. The first kappa shape index (κ1) is 20.7. The van der Waals surface area contributed by atoms with E-state index >= 15 is 0 Å². The maximum Gasteiger partial charge on any atom is 0.175 e. The second-order valence-electron chi connectivity index (χ2n) is 6.48. The van der Waals surface area contributed by atoms with E-state index in [1.165, 1.54) is 11.9 Å². The van der Waals surface area contributed by atoms with Gasteiger partial charge in [0.15, 0.2) is 9.84 Å². The molecule has 0 saturated carbocycles. The molecule has 1 heterocycles. The van der Waals surface area contributed by atoms with E-state index < -0.39 is 15.9 Å². The fourth-order valence-corrected chi connectivity index (χ4v) is 3.75. The van der Waals surface area contributed by atoms with Gasteiger partial charge in [0.2, 0.25) is 0 Å². The molecule has 0 aromatic heterocycles. The summed E-state index contributed by atoms with van der Waals surface area (Å²) in [5.41, 5.74) is 1.98. The van der Waals surface area contributed by atoms with Crippen molar-refractivity contribution in [2.24, 2.45) is 0 Å². The molecule has 26 heavy (non-hydrogen) atoms. The Balaban J connectivity index is 0.00000243. The zero-order valence-electron chi connectivity index (χ0n) is 14.8. The fourth-order valence-electron chi connectivity index (χ4n) is 3.11. The Labute approximate surface area is 161 Å². The number of sulfone groups is 1. The summed E-state index contributed by atoms with van der Waals surface area (Å²) in [6.07, 6.45) is 0.571. The Hall–Kier alpha value is -1.60. The van der Waals surface area contributed by atoms with Crippen molar-refractivity contribution >= 4 is 27.9 Å². The zero-order valence-corrected chi connectivity index (χ0v) is 16.4. The van der Waals surface area contributed by atoms with Crippen molar-refractivity contribution in [1.82, 2.24) is 4.90 Å². The number of aliphatic hydroxyl groups excluding tert-OH is 1. The number of aliphatic hydroxyl groups is 1. The highest BCUT2D eigenvalue weighted by atomic mass is 35.5. The van der Waals surface area contributed by atoms with Gasteiger partial charge in [0.25, 0.3) is 0 Å². The molecule has 0 amide bonds. The third-order valence-corrected chi connectivity index (χ3v) is 5.75. The molecule has 1 aliphatic rings. The molecule has 1 saturated heterocycles. The van der Waals surface area contributed by atoms with Crippen LogP contribution in [0, 0.1) is 0 Å². The van der Waals surface area contributed by atoms with Gasteiger partial charge in [-0.25, -0.2) is 8.42 Å². The third-order valence-electron chi connectivity index (χ3n) is 4.62. The zero-order chi connectivity index (χ0) is 17.9. The normalized spacial score (nSPS) is 16.8. The van der Waals surface area contributed by atoms with E-state index in [1.54, 1.807) is 24.3 Å². The minimum atomic E-state index is -3.20. The molecule has 0 bridgehead atoms. The summed E-state index contributed by atoms with van der Waals surface area (Å²) < 4.78 is 23.0. The molecule has 0 spiro atoms. The lowest BCUT2D eigenvalue weighted by atomic mass is 10.1. The molecule has 5 nitrogen and oxygen atoms in total. The van der Waals surface area contributed by atoms with Gasteiger partial charge in [-0.2, -0.15) is 0 Å². The smallest absolute Gasteiger partial charge is 0.175 e. The van der Waals surface area contributed by atoms with Crippen LogP contribution in [0.15, 0.2) is 59.5 Å². The summed E-state index contributed by atoms with van der Waals surface area (Å²) in [6, 6.07) is 16.9. The lowest BCUT2D eigenvalue weighted by molar-refractivity contribution is 0.109. The summed E-state index contributed by atoms with van der Waals surface area (Å²) in [6.45, 7) is 4.22. The maximum atomic E-state index is 11.5. The minimum absolute atomic E-state index is 0. The molecule has 1 aliphatic heterocycles. The molecule has 0 aliphatic carbocycles. The average Bonchev–Trinajstić information content (AvgIpc) is 2.62. The van der Waals surface area contributed by atoms with E-state index in [1.807, 2.05) is 18.2 Å². The summed E-state index contributed by atoms with van der Waals surface area (Å²) in [5.74, 6) is 0. The highest BCUT2D eigenvalue weighted by Crippen LogP contribution is 2.20. The monoisotopic (exact) mass is 396 g/mol. The molecule has 1 atom stereocenters. The van der Waals surface area contributed by atoms with Crippen LogP contribution in [0.5, 0.6) is 0 Å².